The number of rotatable bonds is 4. The molecular formula is C16H16O2S. The Morgan fingerprint density at radius 1 is 1.05 bits per heavy atom. The summed E-state index contributed by atoms with van der Waals surface area (Å²) in [5.41, 5.74) is 2.63. The summed E-state index contributed by atoms with van der Waals surface area (Å²) in [5.74, 6) is -0.0475. The molecule has 1 unspecified atom stereocenters. The molecule has 2 nitrogen and oxygen atoms in total. The second-order valence-corrected chi connectivity index (χ2v) is 5.97. The van der Waals surface area contributed by atoms with Gasteiger partial charge in [0.05, 0.1) is 16.6 Å². The molecule has 0 N–H and O–H groups in total. The van der Waals surface area contributed by atoms with Crippen molar-refractivity contribution >= 4 is 16.6 Å². The maximum absolute atomic E-state index is 12.3. The van der Waals surface area contributed by atoms with Crippen LogP contribution in [-0.2, 0) is 10.8 Å². The highest BCUT2D eigenvalue weighted by molar-refractivity contribution is 7.85. The van der Waals surface area contributed by atoms with Crippen LogP contribution < -0.4 is 0 Å². The quantitative estimate of drug-likeness (QED) is 0.800. The molecule has 0 saturated carbocycles. The van der Waals surface area contributed by atoms with Gasteiger partial charge in [0.15, 0.2) is 5.78 Å². The second-order valence-electron chi connectivity index (χ2n) is 4.55. The molecule has 1 atom stereocenters. The minimum absolute atomic E-state index is 0.0360. The Balaban J connectivity index is 2.18. The third-order valence-electron chi connectivity index (χ3n) is 2.95. The average Bonchev–Trinajstić information content (AvgIpc) is 2.42. The number of Topliss-reactive ketones (excluding diaryl/α,β-unsaturated/α-hetero) is 1. The lowest BCUT2D eigenvalue weighted by Crippen LogP contribution is -2.11. The third kappa shape index (κ3) is 3.38. The van der Waals surface area contributed by atoms with Crippen molar-refractivity contribution in [3.63, 3.8) is 0 Å². The smallest absolute Gasteiger partial charge is 0.175 e. The summed E-state index contributed by atoms with van der Waals surface area (Å²) in [5, 5.41) is 0. The molecule has 0 spiro atoms. The molecule has 0 aliphatic heterocycles. The van der Waals surface area contributed by atoms with Crippen LogP contribution in [0.15, 0.2) is 53.4 Å². The molecule has 0 radical (unpaired) electrons. The molecule has 0 aliphatic carbocycles. The van der Waals surface area contributed by atoms with E-state index in [1.165, 1.54) is 0 Å². The maximum atomic E-state index is 12.3. The second kappa shape index (κ2) is 5.93. The summed E-state index contributed by atoms with van der Waals surface area (Å²) in [4.78, 5) is 12.8. The summed E-state index contributed by atoms with van der Waals surface area (Å²) < 4.78 is 12.3. The number of hydrogen-bond donors (Lipinski definition) is 0. The van der Waals surface area contributed by atoms with E-state index >= 15 is 0 Å². The molecule has 19 heavy (non-hydrogen) atoms. The van der Waals surface area contributed by atoms with Gasteiger partial charge in [-0.1, -0.05) is 42.5 Å². The van der Waals surface area contributed by atoms with Crippen LogP contribution in [0, 0.1) is 13.8 Å². The van der Waals surface area contributed by atoms with Crippen molar-refractivity contribution in [2.45, 2.75) is 18.7 Å². The van der Waals surface area contributed by atoms with Gasteiger partial charge in [0.2, 0.25) is 0 Å². The lowest BCUT2D eigenvalue weighted by molar-refractivity contribution is 0.102. The summed E-state index contributed by atoms with van der Waals surface area (Å²) >= 11 is 0. The standard InChI is InChI=1S/C16H16O2S/c1-12-8-9-13(2)16(10-12)19(18)11-15(17)14-6-4-3-5-7-14/h3-10H,11H2,1-2H3. The first-order valence-electron chi connectivity index (χ1n) is 6.12. The van der Waals surface area contributed by atoms with Crippen molar-refractivity contribution < 1.29 is 9.00 Å². The van der Waals surface area contributed by atoms with Crippen molar-refractivity contribution in [2.75, 3.05) is 5.75 Å². The molecule has 0 aromatic heterocycles. The van der Waals surface area contributed by atoms with E-state index in [1.54, 1.807) is 12.1 Å². The monoisotopic (exact) mass is 272 g/mol. The molecule has 0 bridgehead atoms. The predicted molar refractivity (Wildman–Crippen MR) is 78.0 cm³/mol. The Morgan fingerprint density at radius 3 is 2.42 bits per heavy atom. The lowest BCUT2D eigenvalue weighted by atomic mass is 10.2. The molecule has 0 aliphatic rings. The van der Waals surface area contributed by atoms with Crippen LogP contribution in [0.4, 0.5) is 0 Å². The van der Waals surface area contributed by atoms with Crippen LogP contribution in [0.25, 0.3) is 0 Å². The van der Waals surface area contributed by atoms with E-state index in [1.807, 2.05) is 50.2 Å². The van der Waals surface area contributed by atoms with Crippen LogP contribution >= 0.6 is 0 Å². The Morgan fingerprint density at radius 2 is 1.74 bits per heavy atom. The summed E-state index contributed by atoms with van der Waals surface area (Å²) in [6, 6.07) is 14.8. The molecule has 2 rings (SSSR count). The van der Waals surface area contributed by atoms with E-state index in [0.29, 0.717) is 5.56 Å². The largest absolute Gasteiger partial charge is 0.293 e. The molecule has 0 amide bonds. The fourth-order valence-corrected chi connectivity index (χ4v) is 3.16. The van der Waals surface area contributed by atoms with Crippen molar-refractivity contribution in [3.05, 3.63) is 65.2 Å². The van der Waals surface area contributed by atoms with Gasteiger partial charge in [0, 0.05) is 10.5 Å². The molecule has 0 heterocycles. The zero-order valence-corrected chi connectivity index (χ0v) is 11.9. The van der Waals surface area contributed by atoms with E-state index in [4.69, 9.17) is 0 Å². The minimum atomic E-state index is -1.29. The molecular weight excluding hydrogens is 256 g/mol. The highest BCUT2D eigenvalue weighted by Crippen LogP contribution is 2.16. The summed E-state index contributed by atoms with van der Waals surface area (Å²) in [6.07, 6.45) is 0. The number of ketones is 1. The SMILES string of the molecule is Cc1ccc(C)c(S(=O)CC(=O)c2ccccc2)c1. The fourth-order valence-electron chi connectivity index (χ4n) is 1.86. The first kappa shape index (κ1) is 13.7. The van der Waals surface area contributed by atoms with Crippen molar-refractivity contribution in [2.24, 2.45) is 0 Å². The Kier molecular flexibility index (Phi) is 4.27. The van der Waals surface area contributed by atoms with E-state index in [0.717, 1.165) is 16.0 Å². The number of carbonyl (C=O) groups is 1. The molecule has 2 aromatic carbocycles. The first-order valence-corrected chi connectivity index (χ1v) is 7.43. The molecule has 0 fully saturated rings. The maximum Gasteiger partial charge on any atom is 0.175 e. The van der Waals surface area contributed by atoms with Gasteiger partial charge in [0.1, 0.15) is 0 Å². The predicted octanol–water partition coefficient (Wildman–Crippen LogP) is 3.29. The zero-order chi connectivity index (χ0) is 13.8. The van der Waals surface area contributed by atoms with E-state index in [-0.39, 0.29) is 11.5 Å². The fraction of sp³-hybridized carbons (Fsp3) is 0.188. The third-order valence-corrected chi connectivity index (χ3v) is 4.40. The van der Waals surface area contributed by atoms with Crippen LogP contribution in [0.1, 0.15) is 21.5 Å². The van der Waals surface area contributed by atoms with Crippen molar-refractivity contribution in [1.29, 1.82) is 0 Å². The zero-order valence-electron chi connectivity index (χ0n) is 11.1. The van der Waals surface area contributed by atoms with Gasteiger partial charge in [-0.15, -0.1) is 0 Å². The number of benzene rings is 2. The topological polar surface area (TPSA) is 34.1 Å². The number of hydrogen-bond acceptors (Lipinski definition) is 2. The highest BCUT2D eigenvalue weighted by Gasteiger charge is 2.13. The summed E-state index contributed by atoms with van der Waals surface area (Å²) in [7, 11) is -1.29. The molecule has 0 saturated heterocycles. The Hall–Kier alpha value is -1.74. The van der Waals surface area contributed by atoms with Gasteiger partial charge >= 0.3 is 0 Å². The van der Waals surface area contributed by atoms with Gasteiger partial charge < -0.3 is 0 Å². The van der Waals surface area contributed by atoms with Crippen molar-refractivity contribution in [1.82, 2.24) is 0 Å². The van der Waals surface area contributed by atoms with Crippen molar-refractivity contribution in [3.8, 4) is 0 Å². The summed E-state index contributed by atoms with van der Waals surface area (Å²) in [6.45, 7) is 3.87. The van der Waals surface area contributed by atoms with E-state index in [9.17, 15) is 9.00 Å². The minimum Gasteiger partial charge on any atom is -0.293 e. The lowest BCUT2D eigenvalue weighted by Gasteiger charge is -2.06. The van der Waals surface area contributed by atoms with E-state index < -0.39 is 10.8 Å². The highest BCUT2D eigenvalue weighted by atomic mass is 32.2. The van der Waals surface area contributed by atoms with Gasteiger partial charge in [-0.25, -0.2) is 0 Å². The average molecular weight is 272 g/mol. The normalized spacial score (nSPS) is 12.1. The molecule has 2 aromatic rings. The molecule has 3 heteroatoms. The molecule has 98 valence electrons. The van der Waals surface area contributed by atoms with E-state index in [2.05, 4.69) is 0 Å². The van der Waals surface area contributed by atoms with Crippen LogP contribution in [0.3, 0.4) is 0 Å². The Bertz CT molecular complexity index is 618. The van der Waals surface area contributed by atoms with Crippen LogP contribution in [0.2, 0.25) is 0 Å². The Labute approximate surface area is 115 Å². The van der Waals surface area contributed by atoms with Gasteiger partial charge in [-0.05, 0) is 31.0 Å². The number of carbonyl (C=O) groups excluding carboxylic acids is 1. The number of aryl methyl sites for hydroxylation is 2. The van der Waals surface area contributed by atoms with Gasteiger partial charge in [0.25, 0.3) is 0 Å². The first-order chi connectivity index (χ1) is 9.08. The van der Waals surface area contributed by atoms with Crippen LogP contribution in [0.5, 0.6) is 0 Å². The van der Waals surface area contributed by atoms with Gasteiger partial charge in [-0.2, -0.15) is 0 Å². The van der Waals surface area contributed by atoms with Crippen LogP contribution in [-0.4, -0.2) is 15.7 Å². The van der Waals surface area contributed by atoms with Gasteiger partial charge in [-0.3, -0.25) is 9.00 Å².